The second kappa shape index (κ2) is 10.7. The average molecular weight is 436 g/mol. The van der Waals surface area contributed by atoms with Crippen LogP contribution in [0.15, 0.2) is 48.5 Å². The molecule has 0 unspecified atom stereocenters. The summed E-state index contributed by atoms with van der Waals surface area (Å²) in [5.74, 6) is -0.212. The molecule has 0 aliphatic carbocycles. The number of hydrogen-bond acceptors (Lipinski definition) is 4. The van der Waals surface area contributed by atoms with E-state index in [9.17, 15) is 9.59 Å². The fourth-order valence-electron chi connectivity index (χ4n) is 4.55. The molecule has 0 aromatic heterocycles. The molecule has 0 radical (unpaired) electrons. The maximum Gasteiger partial charge on any atom is 0.253 e. The normalized spacial score (nSPS) is 19.6. The van der Waals surface area contributed by atoms with Crippen LogP contribution in [0.4, 0.5) is 5.69 Å². The summed E-state index contributed by atoms with van der Waals surface area (Å²) in [5.41, 5.74) is 3.66. The van der Waals surface area contributed by atoms with Crippen molar-refractivity contribution in [1.29, 1.82) is 0 Å². The molecule has 2 aliphatic heterocycles. The summed E-state index contributed by atoms with van der Waals surface area (Å²) < 4.78 is 5.58. The Kier molecular flexibility index (Phi) is 7.55. The molecular formula is C26H33N3O3. The molecule has 0 bridgehead atoms. The lowest BCUT2D eigenvalue weighted by Gasteiger charge is -2.31. The minimum Gasteiger partial charge on any atom is -0.376 e. The Bertz CT molecular complexity index is 931. The summed E-state index contributed by atoms with van der Waals surface area (Å²) in [6.45, 7) is 6.09. The van der Waals surface area contributed by atoms with Crippen LogP contribution in [0.5, 0.6) is 0 Å². The zero-order valence-corrected chi connectivity index (χ0v) is 18.8. The molecule has 2 fully saturated rings. The van der Waals surface area contributed by atoms with Crippen LogP contribution in [-0.2, 0) is 16.1 Å². The molecule has 0 spiro atoms. The number of carbonyl (C=O) groups excluding carboxylic acids is 2. The SMILES string of the molecule is Cc1cccc(CN2CCC(C(=O)Nc3ccccc3C(=O)NC[C@@H]3CCCO3)CC2)c1. The van der Waals surface area contributed by atoms with Gasteiger partial charge in [0, 0.05) is 25.6 Å². The van der Waals surface area contributed by atoms with Gasteiger partial charge in [0.1, 0.15) is 0 Å². The predicted octanol–water partition coefficient (Wildman–Crippen LogP) is 3.75. The van der Waals surface area contributed by atoms with Crippen molar-refractivity contribution in [3.63, 3.8) is 0 Å². The fraction of sp³-hybridized carbons (Fsp3) is 0.462. The number of nitrogens with zero attached hydrogens (tertiary/aromatic N) is 1. The van der Waals surface area contributed by atoms with Gasteiger partial charge in [-0.3, -0.25) is 14.5 Å². The molecule has 6 nitrogen and oxygen atoms in total. The number of ether oxygens (including phenoxy) is 1. The summed E-state index contributed by atoms with van der Waals surface area (Å²) in [4.78, 5) is 28.0. The van der Waals surface area contributed by atoms with Crippen molar-refractivity contribution in [2.24, 2.45) is 5.92 Å². The zero-order valence-electron chi connectivity index (χ0n) is 18.8. The van der Waals surface area contributed by atoms with Gasteiger partial charge in [-0.2, -0.15) is 0 Å². The van der Waals surface area contributed by atoms with E-state index >= 15 is 0 Å². The summed E-state index contributed by atoms with van der Waals surface area (Å²) >= 11 is 0. The van der Waals surface area contributed by atoms with Crippen LogP contribution in [0.3, 0.4) is 0 Å². The fourth-order valence-corrected chi connectivity index (χ4v) is 4.55. The van der Waals surface area contributed by atoms with Gasteiger partial charge in [0.2, 0.25) is 5.91 Å². The smallest absolute Gasteiger partial charge is 0.253 e. The molecule has 4 rings (SSSR count). The van der Waals surface area contributed by atoms with E-state index in [1.165, 1.54) is 11.1 Å². The number of carbonyl (C=O) groups is 2. The molecule has 32 heavy (non-hydrogen) atoms. The number of nitrogens with one attached hydrogen (secondary N) is 2. The lowest BCUT2D eigenvalue weighted by Crippen LogP contribution is -2.38. The van der Waals surface area contributed by atoms with Crippen molar-refractivity contribution in [2.75, 3.05) is 31.6 Å². The molecule has 2 saturated heterocycles. The first kappa shape index (κ1) is 22.5. The van der Waals surface area contributed by atoms with Gasteiger partial charge in [-0.05, 0) is 63.4 Å². The summed E-state index contributed by atoms with van der Waals surface area (Å²) in [5, 5.41) is 5.96. The molecule has 170 valence electrons. The number of benzene rings is 2. The maximum atomic E-state index is 12.9. The van der Waals surface area contributed by atoms with Crippen LogP contribution in [0, 0.1) is 12.8 Å². The highest BCUT2D eigenvalue weighted by molar-refractivity contribution is 6.04. The van der Waals surface area contributed by atoms with Crippen LogP contribution in [-0.4, -0.2) is 49.1 Å². The lowest BCUT2D eigenvalue weighted by atomic mass is 9.95. The third-order valence-electron chi connectivity index (χ3n) is 6.39. The molecule has 2 amide bonds. The first-order valence-electron chi connectivity index (χ1n) is 11.7. The topological polar surface area (TPSA) is 70.7 Å². The highest BCUT2D eigenvalue weighted by Gasteiger charge is 2.26. The van der Waals surface area contributed by atoms with Crippen molar-refractivity contribution in [2.45, 2.75) is 45.3 Å². The van der Waals surface area contributed by atoms with Crippen molar-refractivity contribution < 1.29 is 14.3 Å². The summed E-state index contributed by atoms with van der Waals surface area (Å²) in [6, 6.07) is 15.8. The van der Waals surface area contributed by atoms with E-state index < -0.39 is 0 Å². The Morgan fingerprint density at radius 1 is 1.06 bits per heavy atom. The summed E-state index contributed by atoms with van der Waals surface area (Å²) in [6.07, 6.45) is 3.75. The van der Waals surface area contributed by atoms with Crippen LogP contribution < -0.4 is 10.6 Å². The third-order valence-corrected chi connectivity index (χ3v) is 6.39. The number of amides is 2. The van der Waals surface area contributed by atoms with Gasteiger partial charge in [0.25, 0.3) is 5.91 Å². The van der Waals surface area contributed by atoms with Crippen LogP contribution in [0.2, 0.25) is 0 Å². The standard InChI is InChI=1S/C26H33N3O3/c1-19-6-4-7-20(16-19)18-29-13-11-21(12-14-29)25(30)28-24-10-3-2-9-23(24)26(31)27-17-22-8-5-15-32-22/h2-4,6-7,9-10,16,21-22H,5,8,11-15,17-18H2,1H3,(H,27,31)(H,28,30)/t22-/m0/s1. The summed E-state index contributed by atoms with van der Waals surface area (Å²) in [7, 11) is 0. The van der Waals surface area contributed by atoms with Crippen LogP contribution >= 0.6 is 0 Å². The Balaban J connectivity index is 1.29. The molecular weight excluding hydrogens is 402 g/mol. The van der Waals surface area contributed by atoms with E-state index in [4.69, 9.17) is 4.74 Å². The molecule has 0 saturated carbocycles. The Morgan fingerprint density at radius 3 is 2.62 bits per heavy atom. The number of anilines is 1. The van der Waals surface area contributed by atoms with Crippen LogP contribution in [0.1, 0.15) is 47.2 Å². The van der Waals surface area contributed by atoms with Crippen molar-refractivity contribution in [1.82, 2.24) is 10.2 Å². The largest absolute Gasteiger partial charge is 0.376 e. The van der Waals surface area contributed by atoms with Crippen molar-refractivity contribution >= 4 is 17.5 Å². The molecule has 2 aromatic carbocycles. The van der Waals surface area contributed by atoms with Gasteiger partial charge in [-0.25, -0.2) is 0 Å². The Morgan fingerprint density at radius 2 is 1.88 bits per heavy atom. The molecule has 2 N–H and O–H groups in total. The number of para-hydroxylation sites is 1. The predicted molar refractivity (Wildman–Crippen MR) is 126 cm³/mol. The molecule has 1 atom stereocenters. The van der Waals surface area contributed by atoms with Gasteiger partial charge >= 0.3 is 0 Å². The second-order valence-electron chi connectivity index (χ2n) is 8.92. The van der Waals surface area contributed by atoms with Gasteiger partial charge in [0.05, 0.1) is 17.4 Å². The molecule has 2 heterocycles. The highest BCUT2D eigenvalue weighted by atomic mass is 16.5. The second-order valence-corrected chi connectivity index (χ2v) is 8.92. The lowest BCUT2D eigenvalue weighted by molar-refractivity contribution is -0.121. The van der Waals surface area contributed by atoms with Gasteiger partial charge < -0.3 is 15.4 Å². The van der Waals surface area contributed by atoms with Gasteiger partial charge in [0.15, 0.2) is 0 Å². The number of likely N-dealkylation sites (tertiary alicyclic amines) is 1. The van der Waals surface area contributed by atoms with E-state index in [0.29, 0.717) is 17.8 Å². The van der Waals surface area contributed by atoms with Gasteiger partial charge in [-0.15, -0.1) is 0 Å². The quantitative estimate of drug-likeness (QED) is 0.695. The minimum atomic E-state index is -0.177. The first-order valence-corrected chi connectivity index (χ1v) is 11.7. The highest BCUT2D eigenvalue weighted by Crippen LogP contribution is 2.23. The molecule has 2 aromatic rings. The maximum absolute atomic E-state index is 12.9. The zero-order chi connectivity index (χ0) is 22.3. The monoisotopic (exact) mass is 435 g/mol. The first-order chi connectivity index (χ1) is 15.6. The van der Waals surface area contributed by atoms with E-state index in [1.54, 1.807) is 12.1 Å². The van der Waals surface area contributed by atoms with Gasteiger partial charge in [-0.1, -0.05) is 42.0 Å². The van der Waals surface area contributed by atoms with Crippen LogP contribution in [0.25, 0.3) is 0 Å². The Hall–Kier alpha value is -2.70. The van der Waals surface area contributed by atoms with E-state index in [1.807, 2.05) is 12.1 Å². The number of rotatable bonds is 7. The Labute approximate surface area is 190 Å². The van der Waals surface area contributed by atoms with E-state index in [2.05, 4.69) is 46.7 Å². The number of aryl methyl sites for hydroxylation is 1. The van der Waals surface area contributed by atoms with E-state index in [0.717, 1.165) is 51.9 Å². The third kappa shape index (κ3) is 5.96. The number of hydrogen-bond donors (Lipinski definition) is 2. The number of piperidine rings is 1. The molecule has 6 heteroatoms. The average Bonchev–Trinajstić information content (AvgIpc) is 3.32. The van der Waals surface area contributed by atoms with Crippen molar-refractivity contribution in [3.8, 4) is 0 Å². The molecule has 2 aliphatic rings. The van der Waals surface area contributed by atoms with Crippen molar-refractivity contribution in [3.05, 3.63) is 65.2 Å². The van der Waals surface area contributed by atoms with E-state index in [-0.39, 0.29) is 23.8 Å². The minimum absolute atomic E-state index is 0.000387.